The third-order valence-corrected chi connectivity index (χ3v) is 2.87. The van der Waals surface area contributed by atoms with E-state index in [1.807, 2.05) is 12.1 Å². The molecule has 6 nitrogen and oxygen atoms in total. The van der Waals surface area contributed by atoms with E-state index < -0.39 is 0 Å². The van der Waals surface area contributed by atoms with Crippen LogP contribution in [0.1, 0.15) is 33.3 Å². The van der Waals surface area contributed by atoms with Crippen LogP contribution in [0, 0.1) is 0 Å². The number of halogens is 1. The van der Waals surface area contributed by atoms with Crippen molar-refractivity contribution >= 4 is 29.9 Å². The highest BCUT2D eigenvalue weighted by molar-refractivity contribution is 14.0. The average Bonchev–Trinajstić information content (AvgIpc) is 2.98. The molecule has 0 fully saturated rings. The van der Waals surface area contributed by atoms with E-state index in [0.29, 0.717) is 6.54 Å². The normalized spacial score (nSPS) is 11.7. The summed E-state index contributed by atoms with van der Waals surface area (Å²) in [6.45, 7) is 9.84. The Balaban J connectivity index is 0.00000264. The molecule has 1 aromatic heterocycles. The third kappa shape index (κ3) is 6.55. The van der Waals surface area contributed by atoms with E-state index in [2.05, 4.69) is 70.6 Å². The van der Waals surface area contributed by atoms with Crippen molar-refractivity contribution in [2.24, 2.45) is 4.99 Å². The van der Waals surface area contributed by atoms with Crippen LogP contribution in [0.5, 0.6) is 0 Å². The summed E-state index contributed by atoms with van der Waals surface area (Å²) in [5.41, 5.74) is 2.11. The van der Waals surface area contributed by atoms with Crippen molar-refractivity contribution < 1.29 is 0 Å². The van der Waals surface area contributed by atoms with Crippen molar-refractivity contribution in [1.82, 2.24) is 25.8 Å². The van der Waals surface area contributed by atoms with E-state index >= 15 is 0 Å². The van der Waals surface area contributed by atoms with Crippen LogP contribution in [0.25, 0.3) is 11.4 Å². The van der Waals surface area contributed by atoms with Gasteiger partial charge in [0.15, 0.2) is 11.8 Å². The molecule has 3 N–H and O–H groups in total. The fourth-order valence-electron chi connectivity index (χ4n) is 1.99. The minimum absolute atomic E-state index is 0. The predicted molar refractivity (Wildman–Crippen MR) is 105 cm³/mol. The van der Waals surface area contributed by atoms with Gasteiger partial charge in [-0.25, -0.2) is 9.98 Å². The van der Waals surface area contributed by atoms with Crippen LogP contribution in [0.2, 0.25) is 0 Å². The average molecular weight is 428 g/mol. The standard InChI is InChI=1S/C16H24N6.HI/c1-5-17-15(21-16(2,3)4)18-10-12-7-6-8-13(9-12)14-19-11-20-22-14;/h6-9,11H,5,10H2,1-4H3,(H2,17,18,21)(H,19,20,22);1H. The molecule has 1 aromatic carbocycles. The van der Waals surface area contributed by atoms with Crippen LogP contribution in [-0.2, 0) is 6.54 Å². The second kappa shape index (κ2) is 8.85. The van der Waals surface area contributed by atoms with Crippen LogP contribution in [0.15, 0.2) is 35.6 Å². The summed E-state index contributed by atoms with van der Waals surface area (Å²) in [5.74, 6) is 1.59. The summed E-state index contributed by atoms with van der Waals surface area (Å²) in [5, 5.41) is 13.4. The number of aromatic nitrogens is 3. The molecule has 0 amide bonds. The van der Waals surface area contributed by atoms with Gasteiger partial charge in [0.25, 0.3) is 0 Å². The number of nitrogens with zero attached hydrogens (tertiary/aromatic N) is 3. The van der Waals surface area contributed by atoms with Gasteiger partial charge in [-0.1, -0.05) is 18.2 Å². The zero-order valence-electron chi connectivity index (χ0n) is 14.1. The van der Waals surface area contributed by atoms with Crippen molar-refractivity contribution in [3.05, 3.63) is 36.2 Å². The van der Waals surface area contributed by atoms with Gasteiger partial charge in [0.1, 0.15) is 6.33 Å². The minimum atomic E-state index is -0.0251. The third-order valence-electron chi connectivity index (χ3n) is 2.87. The number of hydrogen-bond donors (Lipinski definition) is 3. The second-order valence-electron chi connectivity index (χ2n) is 6.10. The highest BCUT2D eigenvalue weighted by Gasteiger charge is 2.11. The first-order chi connectivity index (χ1) is 10.5. The summed E-state index contributed by atoms with van der Waals surface area (Å²) in [7, 11) is 0. The highest BCUT2D eigenvalue weighted by atomic mass is 127. The van der Waals surface area contributed by atoms with Gasteiger partial charge in [-0.05, 0) is 39.3 Å². The Kier molecular flexibility index (Phi) is 7.47. The first kappa shape index (κ1) is 19.4. The number of guanidine groups is 1. The van der Waals surface area contributed by atoms with E-state index in [0.717, 1.165) is 29.5 Å². The maximum atomic E-state index is 4.64. The fourth-order valence-corrected chi connectivity index (χ4v) is 1.99. The maximum absolute atomic E-state index is 4.64. The molecule has 7 heteroatoms. The number of H-pyrrole nitrogens is 1. The molecule has 0 bridgehead atoms. The van der Waals surface area contributed by atoms with E-state index in [9.17, 15) is 0 Å². The number of aromatic amines is 1. The zero-order valence-corrected chi connectivity index (χ0v) is 16.4. The molecule has 0 radical (unpaired) electrons. The number of aliphatic imine (C=N–C) groups is 1. The largest absolute Gasteiger partial charge is 0.357 e. The van der Waals surface area contributed by atoms with Gasteiger partial charge >= 0.3 is 0 Å². The zero-order chi connectivity index (χ0) is 16.0. The van der Waals surface area contributed by atoms with E-state index in [-0.39, 0.29) is 29.5 Å². The van der Waals surface area contributed by atoms with Crippen LogP contribution < -0.4 is 10.6 Å². The Morgan fingerprint density at radius 3 is 2.70 bits per heavy atom. The monoisotopic (exact) mass is 428 g/mol. The molecule has 2 aromatic rings. The summed E-state index contributed by atoms with van der Waals surface area (Å²) >= 11 is 0. The molecule has 2 rings (SSSR count). The lowest BCUT2D eigenvalue weighted by Gasteiger charge is -2.23. The van der Waals surface area contributed by atoms with Crippen LogP contribution >= 0.6 is 24.0 Å². The quantitative estimate of drug-likeness (QED) is 0.398. The smallest absolute Gasteiger partial charge is 0.191 e. The topological polar surface area (TPSA) is 78.0 Å². The summed E-state index contributed by atoms with van der Waals surface area (Å²) in [6.07, 6.45) is 1.51. The van der Waals surface area contributed by atoms with Crippen LogP contribution in [0.4, 0.5) is 0 Å². The second-order valence-corrected chi connectivity index (χ2v) is 6.10. The molecule has 0 spiro atoms. The van der Waals surface area contributed by atoms with E-state index in [1.165, 1.54) is 6.33 Å². The lowest BCUT2D eigenvalue weighted by atomic mass is 10.1. The molecule has 0 unspecified atom stereocenters. The highest BCUT2D eigenvalue weighted by Crippen LogP contribution is 2.15. The Hall–Kier alpha value is -1.64. The van der Waals surface area contributed by atoms with Crippen LogP contribution in [-0.4, -0.2) is 33.2 Å². The van der Waals surface area contributed by atoms with Gasteiger partial charge in [-0.3, -0.25) is 5.10 Å². The van der Waals surface area contributed by atoms with Gasteiger partial charge in [0.05, 0.1) is 6.54 Å². The predicted octanol–water partition coefficient (Wildman–Crippen LogP) is 2.94. The molecule has 1 heterocycles. The molecular formula is C16H25IN6. The molecule has 0 aliphatic heterocycles. The molecule has 0 atom stereocenters. The lowest BCUT2D eigenvalue weighted by Crippen LogP contribution is -2.47. The fraction of sp³-hybridized carbons (Fsp3) is 0.438. The molecule has 126 valence electrons. The molecule has 0 aliphatic rings. The SMILES string of the molecule is CCNC(=NCc1cccc(-c2ncn[nH]2)c1)NC(C)(C)C.I. The Bertz CT molecular complexity index is 616. The lowest BCUT2D eigenvalue weighted by molar-refractivity contribution is 0.501. The maximum Gasteiger partial charge on any atom is 0.191 e. The first-order valence-corrected chi connectivity index (χ1v) is 7.49. The van der Waals surface area contributed by atoms with Gasteiger partial charge in [0, 0.05) is 17.6 Å². The summed E-state index contributed by atoms with van der Waals surface area (Å²) in [6, 6.07) is 8.15. The Morgan fingerprint density at radius 1 is 1.30 bits per heavy atom. The Morgan fingerprint density at radius 2 is 2.09 bits per heavy atom. The number of nitrogens with one attached hydrogen (secondary N) is 3. The van der Waals surface area contributed by atoms with E-state index in [1.54, 1.807) is 0 Å². The van der Waals surface area contributed by atoms with E-state index in [4.69, 9.17) is 0 Å². The molecule has 0 saturated heterocycles. The Labute approximate surface area is 154 Å². The van der Waals surface area contributed by atoms with Gasteiger partial charge in [0.2, 0.25) is 0 Å². The number of hydrogen-bond acceptors (Lipinski definition) is 3. The summed E-state index contributed by atoms with van der Waals surface area (Å²) in [4.78, 5) is 8.81. The van der Waals surface area contributed by atoms with Crippen molar-refractivity contribution in [2.45, 2.75) is 39.8 Å². The molecule has 23 heavy (non-hydrogen) atoms. The van der Waals surface area contributed by atoms with Crippen molar-refractivity contribution in [3.8, 4) is 11.4 Å². The van der Waals surface area contributed by atoms with Crippen LogP contribution in [0.3, 0.4) is 0 Å². The molecular weight excluding hydrogens is 403 g/mol. The van der Waals surface area contributed by atoms with Gasteiger partial charge < -0.3 is 10.6 Å². The van der Waals surface area contributed by atoms with Gasteiger partial charge in [-0.15, -0.1) is 24.0 Å². The number of benzene rings is 1. The summed E-state index contributed by atoms with van der Waals surface area (Å²) < 4.78 is 0. The molecule has 0 saturated carbocycles. The van der Waals surface area contributed by atoms with Crippen molar-refractivity contribution in [1.29, 1.82) is 0 Å². The van der Waals surface area contributed by atoms with Gasteiger partial charge in [-0.2, -0.15) is 5.10 Å². The van der Waals surface area contributed by atoms with Crippen molar-refractivity contribution in [2.75, 3.05) is 6.54 Å². The first-order valence-electron chi connectivity index (χ1n) is 7.49. The molecule has 0 aliphatic carbocycles. The number of rotatable bonds is 4. The minimum Gasteiger partial charge on any atom is -0.357 e. The van der Waals surface area contributed by atoms with Crippen molar-refractivity contribution in [3.63, 3.8) is 0 Å².